The number of carbonyl (C=O) groups is 1. The van der Waals surface area contributed by atoms with Crippen molar-refractivity contribution in [3.8, 4) is 0 Å². The summed E-state index contributed by atoms with van der Waals surface area (Å²) in [5.74, 6) is -0.376. The molecule has 1 aromatic carbocycles. The summed E-state index contributed by atoms with van der Waals surface area (Å²) in [5, 5.41) is 0.503. The largest absolute Gasteiger partial charge is 0.459 e. The van der Waals surface area contributed by atoms with Crippen molar-refractivity contribution >= 4 is 16.9 Å². The van der Waals surface area contributed by atoms with E-state index < -0.39 is 0 Å². The Kier molecular flexibility index (Phi) is 4.56. The fourth-order valence-electron chi connectivity index (χ4n) is 2.10. The Bertz CT molecular complexity index is 660. The molecule has 0 aliphatic heterocycles. The van der Waals surface area contributed by atoms with Crippen molar-refractivity contribution in [2.24, 2.45) is 0 Å². The first-order chi connectivity index (χ1) is 9.61. The van der Waals surface area contributed by atoms with E-state index in [9.17, 15) is 9.59 Å². The minimum atomic E-state index is -0.376. The van der Waals surface area contributed by atoms with Gasteiger partial charge in [-0.15, -0.1) is 0 Å². The number of nitrogens with one attached hydrogen (secondary N) is 1. The third-order valence-corrected chi connectivity index (χ3v) is 3.27. The first kappa shape index (κ1) is 14.3. The number of unbranched alkanes of at least 4 members (excludes halogenated alkanes) is 1. The zero-order chi connectivity index (χ0) is 14.5. The molecule has 1 heterocycles. The Morgan fingerprint density at radius 3 is 2.90 bits per heavy atom. The van der Waals surface area contributed by atoms with Gasteiger partial charge in [0.05, 0.1) is 11.7 Å². The fraction of sp³-hybridized carbons (Fsp3) is 0.375. The summed E-state index contributed by atoms with van der Waals surface area (Å²) in [4.78, 5) is 26.8. The van der Waals surface area contributed by atoms with E-state index in [1.807, 2.05) is 6.92 Å². The number of hydrogen-bond donors (Lipinski definition) is 1. The van der Waals surface area contributed by atoms with Crippen LogP contribution in [0.5, 0.6) is 0 Å². The SMILES string of the molecule is CCCCC(C)OC(=O)c1ccc2[nH]ccc(=O)c2c1. The van der Waals surface area contributed by atoms with Gasteiger partial charge in [0.2, 0.25) is 0 Å². The Labute approximate surface area is 117 Å². The summed E-state index contributed by atoms with van der Waals surface area (Å²) >= 11 is 0. The van der Waals surface area contributed by atoms with Gasteiger partial charge in [0, 0.05) is 23.2 Å². The molecular weight excluding hydrogens is 254 g/mol. The number of rotatable bonds is 5. The van der Waals surface area contributed by atoms with Crippen LogP contribution in [-0.4, -0.2) is 17.1 Å². The number of esters is 1. The molecule has 106 valence electrons. The molecular formula is C16H19NO3. The summed E-state index contributed by atoms with van der Waals surface area (Å²) in [6, 6.07) is 6.43. The normalized spacial score (nSPS) is 12.3. The van der Waals surface area contributed by atoms with Crippen LogP contribution in [0.25, 0.3) is 10.9 Å². The van der Waals surface area contributed by atoms with Crippen molar-refractivity contribution in [1.82, 2.24) is 4.98 Å². The maximum atomic E-state index is 12.0. The molecule has 4 nitrogen and oxygen atoms in total. The predicted octanol–water partition coefficient (Wildman–Crippen LogP) is 3.26. The molecule has 2 aromatic rings. The number of ether oxygens (including phenoxy) is 1. The Morgan fingerprint density at radius 2 is 2.15 bits per heavy atom. The minimum absolute atomic E-state index is 0.104. The number of pyridine rings is 1. The number of hydrogen-bond acceptors (Lipinski definition) is 3. The number of fused-ring (bicyclic) bond motifs is 1. The van der Waals surface area contributed by atoms with Crippen LogP contribution in [0.1, 0.15) is 43.5 Å². The average molecular weight is 273 g/mol. The monoisotopic (exact) mass is 273 g/mol. The van der Waals surface area contributed by atoms with E-state index in [0.29, 0.717) is 16.5 Å². The topological polar surface area (TPSA) is 59.2 Å². The van der Waals surface area contributed by atoms with Crippen LogP contribution in [0, 0.1) is 0 Å². The highest BCUT2D eigenvalue weighted by Gasteiger charge is 2.12. The molecule has 0 amide bonds. The van der Waals surface area contributed by atoms with Crippen LogP contribution < -0.4 is 5.43 Å². The van der Waals surface area contributed by atoms with Gasteiger partial charge in [-0.25, -0.2) is 4.79 Å². The van der Waals surface area contributed by atoms with E-state index in [0.717, 1.165) is 19.3 Å². The molecule has 0 aliphatic carbocycles. The minimum Gasteiger partial charge on any atom is -0.459 e. The predicted molar refractivity (Wildman–Crippen MR) is 79.0 cm³/mol. The highest BCUT2D eigenvalue weighted by Crippen LogP contribution is 2.13. The zero-order valence-corrected chi connectivity index (χ0v) is 11.8. The van der Waals surface area contributed by atoms with Crippen molar-refractivity contribution in [3.05, 3.63) is 46.2 Å². The molecule has 4 heteroatoms. The lowest BCUT2D eigenvalue weighted by molar-refractivity contribution is 0.0320. The molecule has 0 radical (unpaired) electrons. The second kappa shape index (κ2) is 6.37. The molecule has 1 N–H and O–H groups in total. The summed E-state index contributed by atoms with van der Waals surface area (Å²) < 4.78 is 5.38. The lowest BCUT2D eigenvalue weighted by Crippen LogP contribution is -2.15. The quantitative estimate of drug-likeness (QED) is 0.851. The van der Waals surface area contributed by atoms with Crippen LogP contribution in [0.4, 0.5) is 0 Å². The Balaban J connectivity index is 2.18. The Hall–Kier alpha value is -2.10. The first-order valence-corrected chi connectivity index (χ1v) is 6.94. The maximum absolute atomic E-state index is 12.0. The van der Waals surface area contributed by atoms with Crippen LogP contribution >= 0.6 is 0 Å². The van der Waals surface area contributed by atoms with Gasteiger partial charge in [0.1, 0.15) is 0 Å². The average Bonchev–Trinajstić information content (AvgIpc) is 2.45. The standard InChI is InChI=1S/C16H19NO3/c1-3-4-5-11(2)20-16(19)12-6-7-14-13(10-12)15(18)8-9-17-14/h6-11H,3-5H2,1-2H3,(H,17,18). The first-order valence-electron chi connectivity index (χ1n) is 6.94. The van der Waals surface area contributed by atoms with Crippen molar-refractivity contribution in [1.29, 1.82) is 0 Å². The van der Waals surface area contributed by atoms with Gasteiger partial charge in [-0.3, -0.25) is 4.79 Å². The van der Waals surface area contributed by atoms with Gasteiger partial charge in [-0.1, -0.05) is 19.8 Å². The van der Waals surface area contributed by atoms with E-state index >= 15 is 0 Å². The van der Waals surface area contributed by atoms with Gasteiger partial charge in [-0.05, 0) is 31.5 Å². The van der Waals surface area contributed by atoms with Gasteiger partial charge in [0.15, 0.2) is 5.43 Å². The lowest BCUT2D eigenvalue weighted by atomic mass is 10.1. The van der Waals surface area contributed by atoms with Gasteiger partial charge >= 0.3 is 5.97 Å². The van der Waals surface area contributed by atoms with E-state index in [1.165, 1.54) is 6.07 Å². The van der Waals surface area contributed by atoms with E-state index in [-0.39, 0.29) is 17.5 Å². The number of carbonyl (C=O) groups excluding carboxylic acids is 1. The molecule has 20 heavy (non-hydrogen) atoms. The number of aromatic nitrogens is 1. The maximum Gasteiger partial charge on any atom is 0.338 e. The van der Waals surface area contributed by atoms with Gasteiger partial charge in [-0.2, -0.15) is 0 Å². The molecule has 0 saturated carbocycles. The molecule has 2 rings (SSSR count). The summed E-state index contributed by atoms with van der Waals surface area (Å²) in [6.45, 7) is 3.99. The number of aromatic amines is 1. The fourth-order valence-corrected chi connectivity index (χ4v) is 2.10. The van der Waals surface area contributed by atoms with Crippen molar-refractivity contribution in [2.75, 3.05) is 0 Å². The summed E-state index contributed by atoms with van der Waals surface area (Å²) in [6.07, 6.45) is 4.46. The molecule has 0 fully saturated rings. The molecule has 0 spiro atoms. The lowest BCUT2D eigenvalue weighted by Gasteiger charge is -2.12. The van der Waals surface area contributed by atoms with E-state index in [1.54, 1.807) is 24.4 Å². The highest BCUT2D eigenvalue weighted by atomic mass is 16.5. The summed E-state index contributed by atoms with van der Waals surface area (Å²) in [5.41, 5.74) is 1.03. The number of benzene rings is 1. The third-order valence-electron chi connectivity index (χ3n) is 3.27. The highest BCUT2D eigenvalue weighted by molar-refractivity contribution is 5.94. The van der Waals surface area contributed by atoms with E-state index in [2.05, 4.69) is 11.9 Å². The molecule has 0 bridgehead atoms. The van der Waals surface area contributed by atoms with Crippen LogP contribution in [0.2, 0.25) is 0 Å². The van der Waals surface area contributed by atoms with Crippen LogP contribution in [-0.2, 0) is 4.74 Å². The van der Waals surface area contributed by atoms with Crippen LogP contribution in [0.15, 0.2) is 35.3 Å². The number of H-pyrrole nitrogens is 1. The second-order valence-electron chi connectivity index (χ2n) is 4.96. The van der Waals surface area contributed by atoms with E-state index in [4.69, 9.17) is 4.74 Å². The Morgan fingerprint density at radius 1 is 1.35 bits per heavy atom. The summed E-state index contributed by atoms with van der Waals surface area (Å²) in [7, 11) is 0. The smallest absolute Gasteiger partial charge is 0.338 e. The third kappa shape index (κ3) is 3.26. The second-order valence-corrected chi connectivity index (χ2v) is 4.96. The molecule has 0 saturated heterocycles. The van der Waals surface area contributed by atoms with Crippen molar-refractivity contribution in [2.45, 2.75) is 39.2 Å². The molecule has 1 unspecified atom stereocenters. The van der Waals surface area contributed by atoms with Crippen molar-refractivity contribution < 1.29 is 9.53 Å². The van der Waals surface area contributed by atoms with Gasteiger partial charge < -0.3 is 9.72 Å². The van der Waals surface area contributed by atoms with Crippen molar-refractivity contribution in [3.63, 3.8) is 0 Å². The molecule has 1 atom stereocenters. The van der Waals surface area contributed by atoms with Crippen LogP contribution in [0.3, 0.4) is 0 Å². The molecule has 1 aromatic heterocycles. The molecule has 0 aliphatic rings. The van der Waals surface area contributed by atoms with Gasteiger partial charge in [0.25, 0.3) is 0 Å². The zero-order valence-electron chi connectivity index (χ0n) is 11.8.